The second-order valence-corrected chi connectivity index (χ2v) is 5.45. The van der Waals surface area contributed by atoms with Crippen molar-refractivity contribution in [2.24, 2.45) is 5.10 Å². The second-order valence-electron chi connectivity index (χ2n) is 3.70. The Morgan fingerprint density at radius 1 is 1.32 bits per heavy atom. The number of nitriles is 2. The van der Waals surface area contributed by atoms with Gasteiger partial charge in [0.25, 0.3) is 0 Å². The molecule has 7 nitrogen and oxygen atoms in total. The molecule has 8 heteroatoms. The first-order valence-corrected chi connectivity index (χ1v) is 6.97. The first-order chi connectivity index (χ1) is 8.85. The average molecular weight is 277 g/mol. The molecule has 0 heterocycles. The molecule has 0 aliphatic rings. The van der Waals surface area contributed by atoms with E-state index in [0.29, 0.717) is 16.9 Å². The van der Waals surface area contributed by atoms with E-state index < -0.39 is 10.0 Å². The van der Waals surface area contributed by atoms with Gasteiger partial charge in [0, 0.05) is 5.69 Å². The van der Waals surface area contributed by atoms with Crippen molar-refractivity contribution in [1.82, 2.24) is 0 Å². The smallest absolute Gasteiger partial charge is 0.237 e. The summed E-state index contributed by atoms with van der Waals surface area (Å²) >= 11 is 0. The minimum absolute atomic E-state index is 0.294. The molecule has 0 saturated heterocycles. The Bertz CT molecular complexity index is 679. The predicted octanol–water partition coefficient (Wildman–Crippen LogP) is 1.18. The minimum Gasteiger partial charge on any atom is -0.284 e. The van der Waals surface area contributed by atoms with Crippen molar-refractivity contribution in [3.8, 4) is 12.1 Å². The Kier molecular flexibility index (Phi) is 4.46. The van der Waals surface area contributed by atoms with Gasteiger partial charge in [-0.05, 0) is 30.7 Å². The Hall–Kier alpha value is -2.58. The normalized spacial score (nSPS) is 9.89. The van der Waals surface area contributed by atoms with Crippen LogP contribution in [0.15, 0.2) is 23.3 Å². The zero-order chi connectivity index (χ0) is 14.5. The number of aryl methyl sites for hydroxylation is 1. The number of rotatable bonds is 4. The highest BCUT2D eigenvalue weighted by Crippen LogP contribution is 2.20. The molecule has 98 valence electrons. The van der Waals surface area contributed by atoms with Crippen LogP contribution >= 0.6 is 0 Å². The van der Waals surface area contributed by atoms with Gasteiger partial charge in [-0.2, -0.15) is 15.6 Å². The molecule has 1 aromatic carbocycles. The molecule has 1 rings (SSSR count). The van der Waals surface area contributed by atoms with E-state index in [9.17, 15) is 8.42 Å². The van der Waals surface area contributed by atoms with E-state index in [1.807, 2.05) is 0 Å². The number of nitrogens with zero attached hydrogens (tertiary/aromatic N) is 3. The van der Waals surface area contributed by atoms with Gasteiger partial charge in [0.05, 0.1) is 11.9 Å². The number of hydrogen-bond acceptors (Lipinski definition) is 6. The first-order valence-electron chi connectivity index (χ1n) is 5.08. The van der Waals surface area contributed by atoms with Crippen LogP contribution in [0.5, 0.6) is 0 Å². The van der Waals surface area contributed by atoms with Gasteiger partial charge in [-0.3, -0.25) is 10.1 Å². The van der Waals surface area contributed by atoms with E-state index in [-0.39, 0.29) is 5.71 Å². The van der Waals surface area contributed by atoms with Crippen LogP contribution in [0.3, 0.4) is 0 Å². The number of nitrogens with one attached hydrogen (secondary N) is 2. The van der Waals surface area contributed by atoms with E-state index in [4.69, 9.17) is 10.5 Å². The molecule has 19 heavy (non-hydrogen) atoms. The van der Waals surface area contributed by atoms with Gasteiger partial charge < -0.3 is 0 Å². The van der Waals surface area contributed by atoms with Crippen LogP contribution in [0.2, 0.25) is 0 Å². The van der Waals surface area contributed by atoms with Crippen molar-refractivity contribution >= 4 is 27.1 Å². The highest BCUT2D eigenvalue weighted by Gasteiger charge is 2.04. The van der Waals surface area contributed by atoms with Gasteiger partial charge in [-0.15, -0.1) is 0 Å². The Morgan fingerprint density at radius 3 is 2.42 bits per heavy atom. The topological polar surface area (TPSA) is 118 Å². The fourth-order valence-electron chi connectivity index (χ4n) is 1.26. The number of hydrazone groups is 1. The summed E-state index contributed by atoms with van der Waals surface area (Å²) in [6.07, 6.45) is 1.06. The predicted molar refractivity (Wildman–Crippen MR) is 71.9 cm³/mol. The molecule has 0 atom stereocenters. The van der Waals surface area contributed by atoms with Crippen LogP contribution in [0.25, 0.3) is 0 Å². The minimum atomic E-state index is -3.32. The van der Waals surface area contributed by atoms with Crippen LogP contribution in [0, 0.1) is 29.6 Å². The Labute approximate surface area is 111 Å². The molecule has 0 aliphatic carbocycles. The zero-order valence-corrected chi connectivity index (χ0v) is 11.1. The quantitative estimate of drug-likeness (QED) is 0.632. The summed E-state index contributed by atoms with van der Waals surface area (Å²) in [5.74, 6) is 0. The van der Waals surface area contributed by atoms with E-state index >= 15 is 0 Å². The Balaban J connectivity index is 2.94. The standard InChI is InChI=1S/C11H11N5O2S/c1-8-5-9(16-19(2,17)18)3-4-11(8)15-14-10(6-12)7-13/h3-5,15-16H,1-2H3. The van der Waals surface area contributed by atoms with Crippen molar-refractivity contribution < 1.29 is 8.42 Å². The third-order valence-corrected chi connectivity index (χ3v) is 2.64. The van der Waals surface area contributed by atoms with Crippen LogP contribution in [-0.2, 0) is 10.0 Å². The van der Waals surface area contributed by atoms with Crippen LogP contribution in [0.1, 0.15) is 5.56 Å². The van der Waals surface area contributed by atoms with E-state index in [0.717, 1.165) is 6.26 Å². The van der Waals surface area contributed by atoms with Crippen molar-refractivity contribution in [3.63, 3.8) is 0 Å². The molecule has 2 N–H and O–H groups in total. The lowest BCUT2D eigenvalue weighted by molar-refractivity contribution is 0.607. The third kappa shape index (κ3) is 4.66. The van der Waals surface area contributed by atoms with Crippen LogP contribution in [0.4, 0.5) is 11.4 Å². The fraction of sp³-hybridized carbons (Fsp3) is 0.182. The van der Waals surface area contributed by atoms with Gasteiger partial charge in [0.1, 0.15) is 12.1 Å². The molecule has 0 amide bonds. The molecule has 0 fully saturated rings. The summed E-state index contributed by atoms with van der Waals surface area (Å²) in [6, 6.07) is 7.99. The van der Waals surface area contributed by atoms with Gasteiger partial charge in [-0.1, -0.05) is 0 Å². The summed E-state index contributed by atoms with van der Waals surface area (Å²) in [5.41, 5.74) is 3.99. The van der Waals surface area contributed by atoms with E-state index in [2.05, 4.69) is 15.2 Å². The Morgan fingerprint density at radius 2 is 1.95 bits per heavy atom. The number of benzene rings is 1. The molecule has 0 spiro atoms. The zero-order valence-electron chi connectivity index (χ0n) is 10.3. The van der Waals surface area contributed by atoms with Gasteiger partial charge in [0.15, 0.2) is 0 Å². The molecule has 0 unspecified atom stereocenters. The number of anilines is 2. The lowest BCUT2D eigenvalue weighted by Gasteiger charge is -2.08. The van der Waals surface area contributed by atoms with Gasteiger partial charge >= 0.3 is 0 Å². The van der Waals surface area contributed by atoms with Crippen LogP contribution < -0.4 is 10.1 Å². The second kappa shape index (κ2) is 5.85. The lowest BCUT2D eigenvalue weighted by atomic mass is 10.2. The summed E-state index contributed by atoms with van der Waals surface area (Å²) in [6.45, 7) is 1.74. The highest BCUT2D eigenvalue weighted by molar-refractivity contribution is 7.92. The summed E-state index contributed by atoms with van der Waals surface area (Å²) in [7, 11) is -3.32. The monoisotopic (exact) mass is 277 g/mol. The van der Waals surface area contributed by atoms with Crippen LogP contribution in [-0.4, -0.2) is 20.4 Å². The largest absolute Gasteiger partial charge is 0.284 e. The SMILES string of the molecule is Cc1cc(NS(C)(=O)=O)ccc1NN=C(C#N)C#N. The average Bonchev–Trinajstić information content (AvgIpc) is 2.30. The maximum atomic E-state index is 11.1. The maximum absolute atomic E-state index is 11.1. The molecule has 1 aromatic rings. The molecule has 0 saturated carbocycles. The molecular formula is C11H11N5O2S. The maximum Gasteiger partial charge on any atom is 0.237 e. The molecule has 0 aliphatic heterocycles. The van der Waals surface area contributed by atoms with E-state index in [1.165, 1.54) is 0 Å². The fourth-order valence-corrected chi connectivity index (χ4v) is 1.81. The van der Waals surface area contributed by atoms with Crippen molar-refractivity contribution in [1.29, 1.82) is 10.5 Å². The highest BCUT2D eigenvalue weighted by atomic mass is 32.2. The van der Waals surface area contributed by atoms with Crippen molar-refractivity contribution in [2.45, 2.75) is 6.92 Å². The summed E-state index contributed by atoms with van der Waals surface area (Å²) in [5, 5.41) is 20.7. The first kappa shape index (κ1) is 14.5. The molecule has 0 radical (unpaired) electrons. The third-order valence-electron chi connectivity index (χ3n) is 2.03. The lowest BCUT2D eigenvalue weighted by Crippen LogP contribution is -2.09. The number of hydrogen-bond donors (Lipinski definition) is 2. The molecule has 0 aromatic heterocycles. The van der Waals surface area contributed by atoms with E-state index in [1.54, 1.807) is 37.3 Å². The summed E-state index contributed by atoms with van der Waals surface area (Å²) in [4.78, 5) is 0. The summed E-state index contributed by atoms with van der Waals surface area (Å²) < 4.78 is 24.5. The van der Waals surface area contributed by atoms with Gasteiger partial charge in [-0.25, -0.2) is 8.42 Å². The molecule has 0 bridgehead atoms. The van der Waals surface area contributed by atoms with Gasteiger partial charge in [0.2, 0.25) is 15.7 Å². The molecular weight excluding hydrogens is 266 g/mol. The number of sulfonamides is 1. The van der Waals surface area contributed by atoms with Crippen molar-refractivity contribution in [2.75, 3.05) is 16.4 Å². The van der Waals surface area contributed by atoms with Crippen molar-refractivity contribution in [3.05, 3.63) is 23.8 Å².